The first-order valence-electron chi connectivity index (χ1n) is 13.8. The highest BCUT2D eigenvalue weighted by Gasteiger charge is 2.38. The molecule has 1 aromatic heterocycles. The Hall–Kier alpha value is -3.44. The van der Waals surface area contributed by atoms with Gasteiger partial charge >= 0.3 is 5.97 Å². The molecule has 11 nitrogen and oxygen atoms in total. The number of carbonyl (C=O) groups is 4. The molecule has 11 heteroatoms. The van der Waals surface area contributed by atoms with Crippen LogP contribution in [0.25, 0.3) is 10.9 Å². The highest BCUT2D eigenvalue weighted by molar-refractivity contribution is 5.94. The average Bonchev–Trinajstić information content (AvgIpc) is 3.58. The summed E-state index contributed by atoms with van der Waals surface area (Å²) in [5.41, 5.74) is 13.7. The Morgan fingerprint density at radius 1 is 1.15 bits per heavy atom. The topological polar surface area (TPSA) is 184 Å². The summed E-state index contributed by atoms with van der Waals surface area (Å²) >= 11 is 0. The molecule has 0 saturated carbocycles. The van der Waals surface area contributed by atoms with Crippen LogP contribution in [0.4, 0.5) is 0 Å². The zero-order valence-electron chi connectivity index (χ0n) is 22.8. The van der Waals surface area contributed by atoms with Crippen LogP contribution in [0.2, 0.25) is 0 Å². The Morgan fingerprint density at radius 2 is 1.90 bits per heavy atom. The highest BCUT2D eigenvalue weighted by Crippen LogP contribution is 2.21. The molecular formula is C28H42N6O5. The van der Waals surface area contributed by atoms with Crippen molar-refractivity contribution in [2.45, 2.75) is 83.0 Å². The summed E-state index contributed by atoms with van der Waals surface area (Å²) in [5.74, 6) is -2.66. The molecule has 0 bridgehead atoms. The summed E-state index contributed by atoms with van der Waals surface area (Å²) in [7, 11) is 0. The van der Waals surface area contributed by atoms with Gasteiger partial charge in [-0.15, -0.1) is 0 Å². The standard InChI is InChI=1S/C28H42N6O5/c1-3-17(2)24(33-25(35)20(30)15-18-16-31-21-10-5-4-9-19(18)21)26(36)32-22(11-6-7-13-29)27(37)34-14-8-12-23(34)28(38)39/h4-5,9-10,16-17,20,22-24,31H,3,6-8,11-15,29-30H2,1-2H3,(H,32,36)(H,33,35)(H,38,39). The van der Waals surface area contributed by atoms with Gasteiger partial charge in [-0.3, -0.25) is 14.4 Å². The van der Waals surface area contributed by atoms with E-state index in [1.165, 1.54) is 4.90 Å². The van der Waals surface area contributed by atoms with Crippen molar-refractivity contribution in [2.24, 2.45) is 17.4 Å². The molecule has 2 aromatic rings. The smallest absolute Gasteiger partial charge is 0.326 e. The summed E-state index contributed by atoms with van der Waals surface area (Å²) in [6.45, 7) is 4.53. The Morgan fingerprint density at radius 3 is 2.59 bits per heavy atom. The highest BCUT2D eigenvalue weighted by atomic mass is 16.4. The van der Waals surface area contributed by atoms with Gasteiger partial charge in [0.25, 0.3) is 0 Å². The average molecular weight is 543 g/mol. The number of aromatic nitrogens is 1. The molecule has 1 aliphatic rings. The normalized spacial score (nSPS) is 18.4. The number of rotatable bonds is 14. The lowest BCUT2D eigenvalue weighted by atomic mass is 9.96. The molecule has 5 atom stereocenters. The van der Waals surface area contributed by atoms with E-state index >= 15 is 0 Å². The fraction of sp³-hybridized carbons (Fsp3) is 0.571. The number of aromatic amines is 1. The number of nitrogens with one attached hydrogen (secondary N) is 3. The monoisotopic (exact) mass is 542 g/mol. The molecular weight excluding hydrogens is 500 g/mol. The molecule has 1 aromatic carbocycles. The molecule has 1 aliphatic heterocycles. The number of unbranched alkanes of at least 4 members (excludes halogenated alkanes) is 1. The number of nitrogens with zero attached hydrogens (tertiary/aromatic N) is 1. The second kappa shape index (κ2) is 14.1. The van der Waals surface area contributed by atoms with Gasteiger partial charge in [0, 0.05) is 23.6 Å². The van der Waals surface area contributed by atoms with Gasteiger partial charge in [0.2, 0.25) is 17.7 Å². The fourth-order valence-corrected chi connectivity index (χ4v) is 5.09. The maximum Gasteiger partial charge on any atom is 0.326 e. The third kappa shape index (κ3) is 7.57. The van der Waals surface area contributed by atoms with Gasteiger partial charge in [0.05, 0.1) is 6.04 Å². The van der Waals surface area contributed by atoms with Gasteiger partial charge in [-0.05, 0) is 62.6 Å². The van der Waals surface area contributed by atoms with E-state index in [0.29, 0.717) is 51.6 Å². The number of hydrogen-bond acceptors (Lipinski definition) is 6. The lowest BCUT2D eigenvalue weighted by molar-refractivity contribution is -0.149. The molecule has 8 N–H and O–H groups in total. The van der Waals surface area contributed by atoms with Crippen LogP contribution >= 0.6 is 0 Å². The zero-order chi connectivity index (χ0) is 28.5. The SMILES string of the molecule is CCC(C)C(NC(=O)C(N)Cc1c[nH]c2ccccc12)C(=O)NC(CCCCN)C(=O)N1CCCC1C(=O)O. The molecule has 0 aliphatic carbocycles. The lowest BCUT2D eigenvalue weighted by Gasteiger charge is -2.30. The zero-order valence-corrected chi connectivity index (χ0v) is 22.8. The maximum atomic E-state index is 13.5. The summed E-state index contributed by atoms with van der Waals surface area (Å²) < 4.78 is 0. The van der Waals surface area contributed by atoms with Gasteiger partial charge in [0.1, 0.15) is 18.1 Å². The minimum atomic E-state index is -1.05. The molecule has 1 fully saturated rings. The van der Waals surface area contributed by atoms with Crippen LogP contribution in [0, 0.1) is 5.92 Å². The van der Waals surface area contributed by atoms with Crippen molar-refractivity contribution in [3.05, 3.63) is 36.0 Å². The first-order chi connectivity index (χ1) is 18.7. The van der Waals surface area contributed by atoms with E-state index in [-0.39, 0.29) is 12.3 Å². The van der Waals surface area contributed by atoms with Gasteiger partial charge in [-0.1, -0.05) is 38.5 Å². The summed E-state index contributed by atoms with van der Waals surface area (Å²) in [6, 6.07) is 4.14. The van der Waals surface area contributed by atoms with Crippen molar-refractivity contribution in [2.75, 3.05) is 13.1 Å². The quantitative estimate of drug-likeness (QED) is 0.194. The van der Waals surface area contributed by atoms with Gasteiger partial charge < -0.3 is 37.1 Å². The molecule has 1 saturated heterocycles. The van der Waals surface area contributed by atoms with E-state index in [0.717, 1.165) is 16.5 Å². The number of carboxylic acids is 1. The molecule has 3 rings (SSSR count). The van der Waals surface area contributed by atoms with E-state index in [9.17, 15) is 24.3 Å². The van der Waals surface area contributed by atoms with Crippen molar-refractivity contribution in [1.29, 1.82) is 0 Å². The van der Waals surface area contributed by atoms with Crippen molar-refractivity contribution in [1.82, 2.24) is 20.5 Å². The van der Waals surface area contributed by atoms with Gasteiger partial charge in [-0.25, -0.2) is 4.79 Å². The number of carbonyl (C=O) groups excluding carboxylic acids is 3. The van der Waals surface area contributed by atoms with Gasteiger partial charge in [0.15, 0.2) is 0 Å². The first-order valence-corrected chi connectivity index (χ1v) is 13.8. The van der Waals surface area contributed by atoms with Crippen molar-refractivity contribution < 1.29 is 24.3 Å². The second-order valence-electron chi connectivity index (χ2n) is 10.4. The fourth-order valence-electron chi connectivity index (χ4n) is 5.09. The number of benzene rings is 1. The number of hydrogen-bond donors (Lipinski definition) is 6. The molecule has 3 amide bonds. The molecule has 0 spiro atoms. The van der Waals surface area contributed by atoms with Crippen LogP contribution in [0.1, 0.15) is 57.9 Å². The predicted octanol–water partition coefficient (Wildman–Crippen LogP) is 1.26. The molecule has 39 heavy (non-hydrogen) atoms. The van der Waals surface area contributed by atoms with Crippen LogP contribution in [0.5, 0.6) is 0 Å². The lowest BCUT2D eigenvalue weighted by Crippen LogP contribution is -2.58. The number of amides is 3. The Bertz CT molecular complexity index is 1150. The summed E-state index contributed by atoms with van der Waals surface area (Å²) in [6.07, 6.45) is 5.27. The van der Waals surface area contributed by atoms with Crippen LogP contribution in [-0.4, -0.2) is 75.9 Å². The Balaban J connectivity index is 1.71. The number of likely N-dealkylation sites (tertiary alicyclic amines) is 1. The van der Waals surface area contributed by atoms with Crippen molar-refractivity contribution in [3.8, 4) is 0 Å². The number of fused-ring (bicyclic) bond motifs is 1. The summed E-state index contributed by atoms with van der Waals surface area (Å²) in [5, 5.41) is 16.2. The van der Waals surface area contributed by atoms with E-state index < -0.39 is 47.9 Å². The maximum absolute atomic E-state index is 13.5. The van der Waals surface area contributed by atoms with E-state index in [2.05, 4.69) is 15.6 Å². The number of aliphatic carboxylic acids is 1. The minimum absolute atomic E-state index is 0.229. The van der Waals surface area contributed by atoms with E-state index in [4.69, 9.17) is 11.5 Å². The third-order valence-corrected chi connectivity index (χ3v) is 7.63. The van der Waals surface area contributed by atoms with Crippen LogP contribution < -0.4 is 22.1 Å². The van der Waals surface area contributed by atoms with Crippen LogP contribution in [-0.2, 0) is 25.6 Å². The molecule has 214 valence electrons. The van der Waals surface area contributed by atoms with Gasteiger partial charge in [-0.2, -0.15) is 0 Å². The molecule has 0 radical (unpaired) electrons. The van der Waals surface area contributed by atoms with Crippen molar-refractivity contribution >= 4 is 34.6 Å². The Kier molecular flexibility index (Phi) is 10.9. The number of nitrogens with two attached hydrogens (primary N) is 2. The van der Waals surface area contributed by atoms with E-state index in [1.807, 2.05) is 44.3 Å². The first kappa shape index (κ1) is 30.1. The number of carboxylic acid groups (broad SMARTS) is 1. The Labute approximate surface area is 229 Å². The predicted molar refractivity (Wildman–Crippen MR) is 149 cm³/mol. The van der Waals surface area contributed by atoms with Crippen LogP contribution in [0.15, 0.2) is 30.5 Å². The van der Waals surface area contributed by atoms with E-state index in [1.54, 1.807) is 0 Å². The van der Waals surface area contributed by atoms with Crippen LogP contribution in [0.3, 0.4) is 0 Å². The van der Waals surface area contributed by atoms with Crippen molar-refractivity contribution in [3.63, 3.8) is 0 Å². The number of H-pyrrole nitrogens is 1. The second-order valence-corrected chi connectivity index (χ2v) is 10.4. The molecule has 2 heterocycles. The number of para-hydroxylation sites is 1. The molecule has 5 unspecified atom stereocenters. The summed E-state index contributed by atoms with van der Waals surface area (Å²) in [4.78, 5) is 56.2. The minimum Gasteiger partial charge on any atom is -0.480 e. The largest absolute Gasteiger partial charge is 0.480 e. The third-order valence-electron chi connectivity index (χ3n) is 7.63.